The highest BCUT2D eigenvalue weighted by atomic mass is 19.1. The first-order valence-electron chi connectivity index (χ1n) is 5.10. The lowest BCUT2D eigenvalue weighted by Gasteiger charge is -2.14. The van der Waals surface area contributed by atoms with Crippen molar-refractivity contribution in [3.05, 3.63) is 35.6 Å². The van der Waals surface area contributed by atoms with Crippen molar-refractivity contribution >= 4 is 6.09 Å². The Morgan fingerprint density at radius 3 is 2.69 bits per heavy atom. The molecule has 86 valence electrons. The van der Waals surface area contributed by atoms with Gasteiger partial charge in [-0.25, -0.2) is 9.18 Å². The highest BCUT2D eigenvalue weighted by Gasteiger charge is 2.32. The van der Waals surface area contributed by atoms with Crippen LogP contribution < -0.4 is 11.1 Å². The van der Waals surface area contributed by atoms with E-state index < -0.39 is 6.09 Å². The zero-order valence-electron chi connectivity index (χ0n) is 8.65. The standard InChI is InChI=1S/C11H13FN2O2/c12-8-3-1-7(2-4-8)5-10-9(6-13)14-11(15)16-10/h1-4,9-10H,5-6,13H2,(H,14,15). The molecule has 1 aliphatic heterocycles. The van der Waals surface area contributed by atoms with Crippen molar-refractivity contribution in [1.29, 1.82) is 0 Å². The van der Waals surface area contributed by atoms with Gasteiger partial charge in [-0.15, -0.1) is 0 Å². The maximum absolute atomic E-state index is 12.7. The average Bonchev–Trinajstić information content (AvgIpc) is 2.62. The number of ether oxygens (including phenoxy) is 1. The Morgan fingerprint density at radius 1 is 1.38 bits per heavy atom. The molecule has 0 radical (unpaired) electrons. The Balaban J connectivity index is 2.03. The molecule has 0 bridgehead atoms. The SMILES string of the molecule is NCC1NC(=O)OC1Cc1ccc(F)cc1. The number of alkyl carbamates (subject to hydrolysis) is 1. The number of carbonyl (C=O) groups excluding carboxylic acids is 1. The van der Waals surface area contributed by atoms with Gasteiger partial charge in [-0.1, -0.05) is 12.1 Å². The molecule has 1 heterocycles. The van der Waals surface area contributed by atoms with Crippen molar-refractivity contribution in [1.82, 2.24) is 5.32 Å². The zero-order valence-corrected chi connectivity index (χ0v) is 8.65. The van der Waals surface area contributed by atoms with Crippen LogP contribution in [0.3, 0.4) is 0 Å². The second-order valence-corrected chi connectivity index (χ2v) is 3.76. The molecule has 0 aliphatic carbocycles. The summed E-state index contributed by atoms with van der Waals surface area (Å²) < 4.78 is 17.8. The van der Waals surface area contributed by atoms with E-state index in [0.717, 1.165) is 5.56 Å². The molecule has 1 aromatic carbocycles. The molecule has 1 amide bonds. The van der Waals surface area contributed by atoms with Gasteiger partial charge >= 0.3 is 6.09 Å². The van der Waals surface area contributed by atoms with Crippen LogP contribution in [0.2, 0.25) is 0 Å². The van der Waals surface area contributed by atoms with Crippen LogP contribution in [0.15, 0.2) is 24.3 Å². The minimum absolute atomic E-state index is 0.169. The number of hydrogen-bond donors (Lipinski definition) is 2. The highest BCUT2D eigenvalue weighted by Crippen LogP contribution is 2.14. The number of cyclic esters (lactones) is 1. The number of nitrogens with two attached hydrogens (primary N) is 1. The number of halogens is 1. The predicted molar refractivity (Wildman–Crippen MR) is 56.4 cm³/mol. The summed E-state index contributed by atoms with van der Waals surface area (Å²) in [7, 11) is 0. The van der Waals surface area contributed by atoms with E-state index in [9.17, 15) is 9.18 Å². The number of rotatable bonds is 3. The maximum atomic E-state index is 12.7. The predicted octanol–water partition coefficient (Wildman–Crippen LogP) is 0.804. The average molecular weight is 224 g/mol. The first-order valence-corrected chi connectivity index (χ1v) is 5.10. The van der Waals surface area contributed by atoms with Crippen LogP contribution >= 0.6 is 0 Å². The second kappa shape index (κ2) is 4.49. The van der Waals surface area contributed by atoms with E-state index in [1.165, 1.54) is 12.1 Å². The molecule has 1 aliphatic rings. The topological polar surface area (TPSA) is 64.3 Å². The van der Waals surface area contributed by atoms with Gasteiger partial charge in [0.15, 0.2) is 0 Å². The first kappa shape index (κ1) is 10.9. The molecule has 0 aromatic heterocycles. The van der Waals surface area contributed by atoms with E-state index >= 15 is 0 Å². The fourth-order valence-corrected chi connectivity index (χ4v) is 1.75. The van der Waals surface area contributed by atoms with Crippen molar-refractivity contribution in [3.63, 3.8) is 0 Å². The van der Waals surface area contributed by atoms with E-state index in [4.69, 9.17) is 10.5 Å². The third kappa shape index (κ3) is 2.30. The summed E-state index contributed by atoms with van der Waals surface area (Å²) in [6.45, 7) is 0.331. The molecule has 2 unspecified atom stereocenters. The molecule has 1 saturated heterocycles. The van der Waals surface area contributed by atoms with E-state index in [1.807, 2.05) is 0 Å². The lowest BCUT2D eigenvalue weighted by molar-refractivity contribution is 0.132. The van der Waals surface area contributed by atoms with Crippen LogP contribution in [0.25, 0.3) is 0 Å². The Hall–Kier alpha value is -1.62. The molecule has 0 spiro atoms. The van der Waals surface area contributed by atoms with Crippen LogP contribution in [0.4, 0.5) is 9.18 Å². The van der Waals surface area contributed by atoms with Crippen LogP contribution in [0, 0.1) is 5.82 Å². The van der Waals surface area contributed by atoms with Gasteiger partial charge in [0.25, 0.3) is 0 Å². The van der Waals surface area contributed by atoms with Gasteiger partial charge in [-0.3, -0.25) is 0 Å². The minimum Gasteiger partial charge on any atom is -0.444 e. The minimum atomic E-state index is -0.442. The lowest BCUT2D eigenvalue weighted by atomic mass is 10.0. The summed E-state index contributed by atoms with van der Waals surface area (Å²) in [4.78, 5) is 11.0. The maximum Gasteiger partial charge on any atom is 0.407 e. The van der Waals surface area contributed by atoms with Crippen LogP contribution in [-0.4, -0.2) is 24.8 Å². The molecule has 5 heteroatoms. The fraction of sp³-hybridized carbons (Fsp3) is 0.364. The quantitative estimate of drug-likeness (QED) is 0.798. The van der Waals surface area contributed by atoms with Gasteiger partial charge in [0.2, 0.25) is 0 Å². The van der Waals surface area contributed by atoms with Crippen molar-refractivity contribution in [2.45, 2.75) is 18.6 Å². The molecule has 2 atom stereocenters. The third-order valence-electron chi connectivity index (χ3n) is 2.61. The van der Waals surface area contributed by atoms with Crippen LogP contribution in [-0.2, 0) is 11.2 Å². The molecule has 3 N–H and O–H groups in total. The molecule has 4 nitrogen and oxygen atoms in total. The molecule has 16 heavy (non-hydrogen) atoms. The fourth-order valence-electron chi connectivity index (χ4n) is 1.75. The normalized spacial score (nSPS) is 24.0. The monoisotopic (exact) mass is 224 g/mol. The Morgan fingerprint density at radius 2 is 2.06 bits per heavy atom. The Labute approximate surface area is 92.6 Å². The summed E-state index contributed by atoms with van der Waals surface area (Å²) in [6.07, 6.45) is -0.175. The summed E-state index contributed by atoms with van der Waals surface area (Å²) in [5.41, 5.74) is 6.43. The van der Waals surface area contributed by atoms with Crippen LogP contribution in [0.5, 0.6) is 0 Å². The van der Waals surface area contributed by atoms with Gasteiger partial charge in [0.1, 0.15) is 11.9 Å². The van der Waals surface area contributed by atoms with Gasteiger partial charge in [-0.05, 0) is 17.7 Å². The molecule has 2 rings (SSSR count). The Kier molecular flexibility index (Phi) is 3.05. The van der Waals surface area contributed by atoms with Gasteiger partial charge in [0.05, 0.1) is 6.04 Å². The van der Waals surface area contributed by atoms with E-state index in [-0.39, 0.29) is 18.0 Å². The third-order valence-corrected chi connectivity index (χ3v) is 2.61. The van der Waals surface area contributed by atoms with Crippen LogP contribution in [0.1, 0.15) is 5.56 Å². The van der Waals surface area contributed by atoms with E-state index in [0.29, 0.717) is 13.0 Å². The van der Waals surface area contributed by atoms with Crippen molar-refractivity contribution in [2.24, 2.45) is 5.73 Å². The van der Waals surface area contributed by atoms with Crippen molar-refractivity contribution in [3.8, 4) is 0 Å². The molecule has 0 saturated carbocycles. The van der Waals surface area contributed by atoms with Crippen molar-refractivity contribution in [2.75, 3.05) is 6.54 Å². The molecular weight excluding hydrogens is 211 g/mol. The number of nitrogens with one attached hydrogen (secondary N) is 1. The highest BCUT2D eigenvalue weighted by molar-refractivity contribution is 5.70. The number of hydrogen-bond acceptors (Lipinski definition) is 3. The smallest absolute Gasteiger partial charge is 0.407 e. The molecule has 1 fully saturated rings. The largest absolute Gasteiger partial charge is 0.444 e. The molecule has 1 aromatic rings. The molecular formula is C11H13FN2O2. The number of amides is 1. The van der Waals surface area contributed by atoms with E-state index in [1.54, 1.807) is 12.1 Å². The zero-order chi connectivity index (χ0) is 11.5. The van der Waals surface area contributed by atoms with Gasteiger partial charge in [0, 0.05) is 13.0 Å². The lowest BCUT2D eigenvalue weighted by Crippen LogP contribution is -2.39. The second-order valence-electron chi connectivity index (χ2n) is 3.76. The van der Waals surface area contributed by atoms with Gasteiger partial charge in [-0.2, -0.15) is 0 Å². The van der Waals surface area contributed by atoms with E-state index in [2.05, 4.69) is 5.32 Å². The summed E-state index contributed by atoms with van der Waals surface area (Å²) in [5, 5.41) is 2.63. The van der Waals surface area contributed by atoms with Crippen molar-refractivity contribution < 1.29 is 13.9 Å². The van der Waals surface area contributed by atoms with Gasteiger partial charge < -0.3 is 15.8 Å². The Bertz CT molecular complexity index is 380. The number of carbonyl (C=O) groups is 1. The number of benzene rings is 1. The summed E-state index contributed by atoms with van der Waals surface area (Å²) in [5.74, 6) is -0.277. The summed E-state index contributed by atoms with van der Waals surface area (Å²) >= 11 is 0. The first-order chi connectivity index (χ1) is 7.69. The summed E-state index contributed by atoms with van der Waals surface area (Å²) in [6, 6.07) is 5.95.